The number of benzene rings is 1. The van der Waals surface area contributed by atoms with E-state index in [2.05, 4.69) is 18.7 Å². The topological polar surface area (TPSA) is 71.6 Å². The number of carbonyl (C=O) groups is 2. The lowest BCUT2D eigenvalue weighted by molar-refractivity contribution is -0.137. The van der Waals surface area contributed by atoms with E-state index in [-0.39, 0.29) is 42.4 Å². The quantitative estimate of drug-likeness (QED) is 0.708. The van der Waals surface area contributed by atoms with E-state index in [0.29, 0.717) is 31.3 Å². The van der Waals surface area contributed by atoms with Gasteiger partial charge >= 0.3 is 0 Å². The fourth-order valence-electron chi connectivity index (χ4n) is 5.60. The molecule has 0 aromatic heterocycles. The first-order valence-corrected chi connectivity index (χ1v) is 11.9. The van der Waals surface area contributed by atoms with Crippen LogP contribution in [0.1, 0.15) is 33.1 Å². The molecule has 3 fully saturated rings. The molecule has 4 atom stereocenters. The first-order valence-electron chi connectivity index (χ1n) is 11.9. The number of nitrogens with zero attached hydrogens (tertiary/aromatic N) is 3. The molecule has 0 radical (unpaired) electrons. The van der Waals surface area contributed by atoms with Crippen molar-refractivity contribution in [1.82, 2.24) is 9.80 Å². The number of anilines is 1. The number of hydrogen-bond donors (Lipinski definition) is 0. The van der Waals surface area contributed by atoms with Crippen molar-refractivity contribution in [2.24, 2.45) is 5.92 Å². The third kappa shape index (κ3) is 4.30. The third-order valence-corrected chi connectivity index (χ3v) is 6.94. The summed E-state index contributed by atoms with van der Waals surface area (Å²) in [7, 11) is 0. The van der Waals surface area contributed by atoms with Gasteiger partial charge in [0.05, 0.1) is 18.1 Å². The van der Waals surface area contributed by atoms with Crippen molar-refractivity contribution in [1.29, 1.82) is 0 Å². The molecule has 4 heterocycles. The molecule has 4 aliphatic heterocycles. The Bertz CT molecular complexity index is 867. The summed E-state index contributed by atoms with van der Waals surface area (Å²) >= 11 is 0. The lowest BCUT2D eigenvalue weighted by Crippen LogP contribution is -2.51. The Hall–Kier alpha value is -2.32. The minimum atomic E-state index is -0.293. The zero-order valence-electron chi connectivity index (χ0n) is 19.0. The van der Waals surface area contributed by atoms with Crippen LogP contribution in [0.3, 0.4) is 0 Å². The molecule has 1 aromatic carbocycles. The molecule has 8 heteroatoms. The average molecular weight is 444 g/mol. The van der Waals surface area contributed by atoms with Crippen LogP contribution in [-0.4, -0.2) is 85.8 Å². The molecule has 32 heavy (non-hydrogen) atoms. The highest BCUT2D eigenvalue weighted by Crippen LogP contribution is 2.36. The summed E-state index contributed by atoms with van der Waals surface area (Å²) in [6.07, 6.45) is 2.76. The molecule has 4 unspecified atom stereocenters. The summed E-state index contributed by atoms with van der Waals surface area (Å²) < 4.78 is 17.1. The maximum Gasteiger partial charge on any atom is 0.228 e. The molecule has 0 saturated carbocycles. The van der Waals surface area contributed by atoms with Crippen molar-refractivity contribution in [3.8, 4) is 11.5 Å². The molecular formula is C24H33N3O5. The van der Waals surface area contributed by atoms with E-state index < -0.39 is 0 Å². The van der Waals surface area contributed by atoms with Crippen molar-refractivity contribution in [2.45, 2.75) is 51.4 Å². The summed E-state index contributed by atoms with van der Waals surface area (Å²) in [6.45, 7) is 9.16. The minimum absolute atomic E-state index is 0.00777. The van der Waals surface area contributed by atoms with Gasteiger partial charge in [-0.05, 0) is 38.8 Å². The van der Waals surface area contributed by atoms with Gasteiger partial charge in [-0.1, -0.05) is 0 Å². The maximum atomic E-state index is 13.4. The van der Waals surface area contributed by atoms with Crippen molar-refractivity contribution in [3.63, 3.8) is 0 Å². The second-order valence-corrected chi connectivity index (χ2v) is 9.54. The van der Waals surface area contributed by atoms with Crippen LogP contribution in [0.15, 0.2) is 18.2 Å². The van der Waals surface area contributed by atoms with Crippen LogP contribution in [0, 0.1) is 5.92 Å². The molecule has 2 amide bonds. The van der Waals surface area contributed by atoms with Gasteiger partial charge in [-0.25, -0.2) is 0 Å². The zero-order valence-corrected chi connectivity index (χ0v) is 19.0. The molecule has 4 aliphatic rings. The molecule has 0 spiro atoms. The van der Waals surface area contributed by atoms with Crippen molar-refractivity contribution < 1.29 is 23.8 Å². The molecule has 3 saturated heterocycles. The SMILES string of the molecule is CC1CN(CC2CCCN2C(=O)C2CC(=O)N(c3ccc4c(c3)OCCO4)C2)CC(C)O1. The van der Waals surface area contributed by atoms with E-state index in [4.69, 9.17) is 14.2 Å². The Kier molecular flexibility index (Phi) is 5.99. The molecular weight excluding hydrogens is 410 g/mol. The fraction of sp³-hybridized carbons (Fsp3) is 0.667. The second kappa shape index (κ2) is 8.90. The first-order chi connectivity index (χ1) is 15.5. The number of likely N-dealkylation sites (tertiary alicyclic amines) is 1. The van der Waals surface area contributed by atoms with Gasteiger partial charge in [-0.3, -0.25) is 14.5 Å². The normalized spacial score (nSPS) is 30.8. The summed E-state index contributed by atoms with van der Waals surface area (Å²) in [5.74, 6) is 1.18. The van der Waals surface area contributed by atoms with Crippen molar-refractivity contribution in [2.75, 3.05) is 50.8 Å². The molecule has 0 aliphatic carbocycles. The third-order valence-electron chi connectivity index (χ3n) is 6.94. The van der Waals surface area contributed by atoms with Crippen LogP contribution in [0.25, 0.3) is 0 Å². The Morgan fingerprint density at radius 3 is 2.59 bits per heavy atom. The van der Waals surface area contributed by atoms with Crippen LogP contribution >= 0.6 is 0 Å². The Balaban J connectivity index is 1.24. The van der Waals surface area contributed by atoms with Gasteiger partial charge in [0.25, 0.3) is 0 Å². The van der Waals surface area contributed by atoms with Gasteiger partial charge in [0.2, 0.25) is 11.8 Å². The van der Waals surface area contributed by atoms with Gasteiger partial charge < -0.3 is 24.0 Å². The predicted molar refractivity (Wildman–Crippen MR) is 119 cm³/mol. The summed E-state index contributed by atoms with van der Waals surface area (Å²) in [5, 5.41) is 0. The Morgan fingerprint density at radius 1 is 1.06 bits per heavy atom. The summed E-state index contributed by atoms with van der Waals surface area (Å²) in [4.78, 5) is 32.4. The molecule has 0 bridgehead atoms. The highest BCUT2D eigenvalue weighted by Gasteiger charge is 2.41. The number of carbonyl (C=O) groups excluding carboxylic acids is 2. The van der Waals surface area contributed by atoms with Crippen molar-refractivity contribution in [3.05, 3.63) is 18.2 Å². The molecule has 5 rings (SSSR count). The Morgan fingerprint density at radius 2 is 1.81 bits per heavy atom. The molecule has 1 aromatic rings. The number of amides is 2. The average Bonchev–Trinajstić information content (AvgIpc) is 3.38. The van der Waals surface area contributed by atoms with Gasteiger partial charge in [0.15, 0.2) is 11.5 Å². The second-order valence-electron chi connectivity index (χ2n) is 9.54. The van der Waals surface area contributed by atoms with Crippen LogP contribution in [-0.2, 0) is 14.3 Å². The summed E-state index contributed by atoms with van der Waals surface area (Å²) in [5.41, 5.74) is 0.767. The maximum absolute atomic E-state index is 13.4. The van der Waals surface area contributed by atoms with E-state index in [0.717, 1.165) is 44.7 Å². The highest BCUT2D eigenvalue weighted by atomic mass is 16.6. The zero-order chi connectivity index (χ0) is 22.2. The molecule has 0 N–H and O–H groups in total. The number of rotatable bonds is 4. The molecule has 8 nitrogen and oxygen atoms in total. The van der Waals surface area contributed by atoms with Gasteiger partial charge in [-0.2, -0.15) is 0 Å². The Labute approximate surface area is 189 Å². The fourth-order valence-corrected chi connectivity index (χ4v) is 5.60. The van der Waals surface area contributed by atoms with E-state index in [9.17, 15) is 9.59 Å². The monoisotopic (exact) mass is 443 g/mol. The predicted octanol–water partition coefficient (Wildman–Crippen LogP) is 1.91. The van der Waals surface area contributed by atoms with Gasteiger partial charge in [0, 0.05) is 56.9 Å². The van der Waals surface area contributed by atoms with Crippen molar-refractivity contribution >= 4 is 17.5 Å². The van der Waals surface area contributed by atoms with E-state index >= 15 is 0 Å². The minimum Gasteiger partial charge on any atom is -0.486 e. The van der Waals surface area contributed by atoms with Crippen LogP contribution in [0.2, 0.25) is 0 Å². The van der Waals surface area contributed by atoms with Crippen LogP contribution in [0.4, 0.5) is 5.69 Å². The molecule has 174 valence electrons. The van der Waals surface area contributed by atoms with E-state index in [1.807, 2.05) is 23.1 Å². The first kappa shape index (κ1) is 21.5. The lowest BCUT2D eigenvalue weighted by Gasteiger charge is -2.38. The largest absolute Gasteiger partial charge is 0.486 e. The van der Waals surface area contributed by atoms with Gasteiger partial charge in [0.1, 0.15) is 13.2 Å². The highest BCUT2D eigenvalue weighted by molar-refractivity contribution is 6.00. The smallest absolute Gasteiger partial charge is 0.228 e. The number of fused-ring (bicyclic) bond motifs is 1. The van der Waals surface area contributed by atoms with E-state index in [1.54, 1.807) is 4.90 Å². The number of morpholine rings is 1. The van der Waals surface area contributed by atoms with Gasteiger partial charge in [-0.15, -0.1) is 0 Å². The van der Waals surface area contributed by atoms with Crippen LogP contribution < -0.4 is 14.4 Å². The number of ether oxygens (including phenoxy) is 3. The van der Waals surface area contributed by atoms with E-state index in [1.165, 1.54) is 0 Å². The lowest BCUT2D eigenvalue weighted by atomic mass is 10.1. The summed E-state index contributed by atoms with van der Waals surface area (Å²) in [6, 6.07) is 5.78. The standard InChI is InChI=1S/C24H33N3O5/c1-16-12-25(13-17(2)32-16)15-20-4-3-7-26(20)24(29)18-10-23(28)27(14-18)19-5-6-21-22(11-19)31-9-8-30-21/h5-6,11,16-18,20H,3-4,7-10,12-15H2,1-2H3. The van der Waals surface area contributed by atoms with Crippen LogP contribution in [0.5, 0.6) is 11.5 Å². The number of hydrogen-bond acceptors (Lipinski definition) is 6.